The van der Waals surface area contributed by atoms with Crippen molar-refractivity contribution in [2.24, 2.45) is 5.92 Å². The minimum atomic E-state index is -1.20. The van der Waals surface area contributed by atoms with Crippen molar-refractivity contribution in [3.63, 3.8) is 0 Å². The lowest BCUT2D eigenvalue weighted by molar-refractivity contribution is -0.300. The van der Waals surface area contributed by atoms with Gasteiger partial charge < -0.3 is 23.7 Å². The number of likely N-dealkylation sites (N-methyl/N-ethyl adjacent to an activating group) is 1. The molecule has 2 aromatic rings. The topological polar surface area (TPSA) is 90.2 Å². The Balaban J connectivity index is 1.60. The molecule has 0 bridgehead atoms. The third-order valence-electron chi connectivity index (χ3n) is 6.98. The van der Waals surface area contributed by atoms with Gasteiger partial charge in [0.25, 0.3) is 0 Å². The number of rotatable bonds is 5. The van der Waals surface area contributed by atoms with Crippen LogP contribution < -0.4 is 9.47 Å². The van der Waals surface area contributed by atoms with E-state index in [-0.39, 0.29) is 43.9 Å². The van der Waals surface area contributed by atoms with Crippen LogP contribution in [0.3, 0.4) is 0 Å². The van der Waals surface area contributed by atoms with Crippen LogP contribution in [0.25, 0.3) is 0 Å². The molecule has 0 aromatic heterocycles. The van der Waals surface area contributed by atoms with Crippen LogP contribution in [0.5, 0.6) is 11.5 Å². The summed E-state index contributed by atoms with van der Waals surface area (Å²) >= 11 is 0. The van der Waals surface area contributed by atoms with E-state index in [9.17, 15) is 10.1 Å². The Hall–Kier alpha value is -3.12. The van der Waals surface area contributed by atoms with Crippen LogP contribution in [0.1, 0.15) is 37.5 Å². The zero-order valence-corrected chi connectivity index (χ0v) is 19.5. The predicted molar refractivity (Wildman–Crippen MR) is 121 cm³/mol. The molecule has 0 N–H and O–H groups in total. The van der Waals surface area contributed by atoms with Gasteiger partial charge in [-0.25, -0.2) is 0 Å². The molecule has 3 aliphatic rings. The van der Waals surface area contributed by atoms with Crippen LogP contribution in [0.4, 0.5) is 0 Å². The van der Waals surface area contributed by atoms with Gasteiger partial charge in [-0.15, -0.1) is 0 Å². The fourth-order valence-corrected chi connectivity index (χ4v) is 5.18. The van der Waals surface area contributed by atoms with Gasteiger partial charge in [-0.05, 0) is 44.2 Å². The second-order valence-electron chi connectivity index (χ2n) is 9.37. The first-order valence-electron chi connectivity index (χ1n) is 11.4. The molecule has 0 saturated carbocycles. The maximum atomic E-state index is 12.2. The maximum Gasteiger partial charge on any atom is 0.306 e. The van der Waals surface area contributed by atoms with Gasteiger partial charge in [0.05, 0.1) is 31.7 Å². The van der Waals surface area contributed by atoms with Crippen molar-refractivity contribution in [1.29, 1.82) is 5.26 Å². The van der Waals surface area contributed by atoms with Gasteiger partial charge in [-0.2, -0.15) is 5.26 Å². The molecule has 8 heteroatoms. The summed E-state index contributed by atoms with van der Waals surface area (Å²) in [6.07, 6.45) is -0.211. The molecule has 0 spiro atoms. The number of cyclic esters (lactones) is 1. The Morgan fingerprint density at radius 1 is 1.06 bits per heavy atom. The molecule has 2 aromatic carbocycles. The molecular formula is C26H28N2O6. The van der Waals surface area contributed by atoms with Crippen molar-refractivity contribution in [3.8, 4) is 17.6 Å². The van der Waals surface area contributed by atoms with E-state index in [4.69, 9.17) is 23.7 Å². The number of nitrogens with zero attached hydrogens (tertiary/aromatic N) is 2. The zero-order chi connectivity index (χ0) is 23.9. The highest BCUT2D eigenvalue weighted by Gasteiger charge is 2.53. The van der Waals surface area contributed by atoms with Gasteiger partial charge in [0, 0.05) is 5.92 Å². The molecular weight excluding hydrogens is 436 g/mol. The van der Waals surface area contributed by atoms with E-state index in [1.165, 1.54) is 0 Å². The summed E-state index contributed by atoms with van der Waals surface area (Å²) < 4.78 is 28.9. The fraction of sp³-hybridized carbons (Fsp3) is 0.462. The summed E-state index contributed by atoms with van der Waals surface area (Å²) in [5, 5.41) is 10.8. The number of esters is 1. The highest BCUT2D eigenvalue weighted by molar-refractivity contribution is 5.72. The summed E-state index contributed by atoms with van der Waals surface area (Å²) in [6, 6.07) is 17.7. The van der Waals surface area contributed by atoms with Crippen molar-refractivity contribution in [3.05, 3.63) is 59.7 Å². The monoisotopic (exact) mass is 464 g/mol. The Labute approximate surface area is 198 Å². The number of fused-ring (bicyclic) bond motifs is 1. The Morgan fingerprint density at radius 3 is 2.53 bits per heavy atom. The van der Waals surface area contributed by atoms with Crippen molar-refractivity contribution in [1.82, 2.24) is 4.90 Å². The lowest BCUT2D eigenvalue weighted by Crippen LogP contribution is -2.59. The van der Waals surface area contributed by atoms with Gasteiger partial charge in [0.1, 0.15) is 11.6 Å². The van der Waals surface area contributed by atoms with Crippen LogP contribution in [0, 0.1) is 17.2 Å². The predicted octanol–water partition coefficient (Wildman–Crippen LogP) is 3.52. The summed E-state index contributed by atoms with van der Waals surface area (Å²) in [5.41, 5.74) is 0.507. The zero-order valence-electron chi connectivity index (χ0n) is 19.5. The lowest BCUT2D eigenvalue weighted by atomic mass is 9.75. The van der Waals surface area contributed by atoms with E-state index >= 15 is 0 Å². The Kier molecular flexibility index (Phi) is 5.72. The van der Waals surface area contributed by atoms with Crippen molar-refractivity contribution < 1.29 is 28.5 Å². The quantitative estimate of drug-likeness (QED) is 0.621. The van der Waals surface area contributed by atoms with Crippen LogP contribution in [-0.4, -0.2) is 49.8 Å². The van der Waals surface area contributed by atoms with Crippen LogP contribution in [-0.2, 0) is 24.5 Å². The number of hydrogen-bond donors (Lipinski definition) is 0. The number of benzene rings is 2. The second-order valence-corrected chi connectivity index (χ2v) is 9.37. The average Bonchev–Trinajstić information content (AvgIpc) is 3.49. The first-order chi connectivity index (χ1) is 16.3. The van der Waals surface area contributed by atoms with E-state index < -0.39 is 11.3 Å². The molecule has 178 valence electrons. The number of carbonyl (C=O) groups excluding carboxylic acids is 1. The second kappa shape index (κ2) is 8.58. The molecule has 5 rings (SSSR count). The van der Waals surface area contributed by atoms with Gasteiger partial charge in [-0.1, -0.05) is 36.4 Å². The average molecular weight is 465 g/mol. The molecule has 34 heavy (non-hydrogen) atoms. The van der Waals surface area contributed by atoms with Crippen LogP contribution in [0.2, 0.25) is 0 Å². The maximum absolute atomic E-state index is 12.2. The third kappa shape index (κ3) is 3.80. The smallest absolute Gasteiger partial charge is 0.306 e. The number of hydrogen-bond acceptors (Lipinski definition) is 8. The van der Waals surface area contributed by atoms with Gasteiger partial charge >= 0.3 is 5.97 Å². The molecule has 2 fully saturated rings. The summed E-state index contributed by atoms with van der Waals surface area (Å²) in [7, 11) is 1.89. The molecule has 3 aliphatic heterocycles. The molecule has 0 amide bonds. The van der Waals surface area contributed by atoms with Gasteiger partial charge in [0.15, 0.2) is 17.3 Å². The molecule has 0 aliphatic carbocycles. The summed E-state index contributed by atoms with van der Waals surface area (Å²) in [4.78, 5) is 14.2. The number of carbonyl (C=O) groups is 1. The highest BCUT2D eigenvalue weighted by Crippen LogP contribution is 2.47. The fourth-order valence-electron chi connectivity index (χ4n) is 5.18. The minimum absolute atomic E-state index is 0.134. The molecule has 4 atom stereocenters. The Bertz CT molecular complexity index is 1110. The van der Waals surface area contributed by atoms with E-state index in [1.807, 2.05) is 68.3 Å². The Morgan fingerprint density at radius 2 is 1.82 bits per heavy atom. The largest absolute Gasteiger partial charge is 0.465 e. The number of ether oxygens (including phenoxy) is 5. The molecule has 0 radical (unpaired) electrons. The van der Waals surface area contributed by atoms with Crippen molar-refractivity contribution in [2.75, 3.05) is 27.1 Å². The highest BCUT2D eigenvalue weighted by atomic mass is 16.7. The first kappa shape index (κ1) is 22.7. The van der Waals surface area contributed by atoms with E-state index in [0.29, 0.717) is 23.7 Å². The third-order valence-corrected chi connectivity index (χ3v) is 6.98. The molecule has 0 unspecified atom stereocenters. The van der Waals surface area contributed by atoms with Crippen molar-refractivity contribution >= 4 is 5.97 Å². The standard InChI is InChI=1S/C26H28N2O6/c1-25(2)33-14-20(24(34-25)17-7-5-4-6-8-17)28(3)26(15-27,19-12-23(29)30-13-19)18-9-10-21-22(11-18)32-16-31-21/h4-11,19-20,24H,12-14,16H2,1-3H3/t19-,20-,24-,26-/m0/s1. The van der Waals surface area contributed by atoms with Crippen molar-refractivity contribution in [2.45, 2.75) is 43.7 Å². The molecule has 8 nitrogen and oxygen atoms in total. The van der Waals surface area contributed by atoms with E-state index in [0.717, 1.165) is 5.56 Å². The van der Waals surface area contributed by atoms with Gasteiger partial charge in [-0.3, -0.25) is 9.69 Å². The SMILES string of the molecule is CN([C@H]1COC(C)(C)O[C@H]1c1ccccc1)[C@@](C#N)(c1ccc2c(c1)OCO2)[C@@H]1COC(=O)C1. The van der Waals surface area contributed by atoms with E-state index in [1.54, 1.807) is 6.07 Å². The molecule has 2 saturated heterocycles. The molecule has 3 heterocycles. The summed E-state index contributed by atoms with van der Waals surface area (Å²) in [6.45, 7) is 4.41. The number of nitriles is 1. The summed E-state index contributed by atoms with van der Waals surface area (Å²) in [5.74, 6) is -0.270. The van der Waals surface area contributed by atoms with E-state index in [2.05, 4.69) is 6.07 Å². The normalized spacial score (nSPS) is 27.1. The van der Waals surface area contributed by atoms with Crippen LogP contribution >= 0.6 is 0 Å². The minimum Gasteiger partial charge on any atom is -0.465 e. The first-order valence-corrected chi connectivity index (χ1v) is 11.4. The lowest BCUT2D eigenvalue weighted by Gasteiger charge is -2.50. The van der Waals surface area contributed by atoms with Gasteiger partial charge in [0.2, 0.25) is 6.79 Å². The van der Waals surface area contributed by atoms with Crippen LogP contribution in [0.15, 0.2) is 48.5 Å².